The van der Waals surface area contributed by atoms with E-state index in [1.54, 1.807) is 0 Å². The van der Waals surface area contributed by atoms with Crippen LogP contribution < -0.4 is 0 Å². The van der Waals surface area contributed by atoms with E-state index in [2.05, 4.69) is 50.0 Å². The molecule has 2 N–H and O–H groups in total. The summed E-state index contributed by atoms with van der Waals surface area (Å²) in [5, 5.41) is 5.75. The first-order valence-corrected chi connectivity index (χ1v) is 5.72. The van der Waals surface area contributed by atoms with E-state index in [4.69, 9.17) is 5.11 Å². The summed E-state index contributed by atoms with van der Waals surface area (Å²) >= 11 is 0. The molecule has 0 heterocycles. The van der Waals surface area contributed by atoms with Crippen LogP contribution in [0.15, 0.2) is 60.3 Å². The topological polar surface area (TPSA) is 22.9 Å². The number of rotatable bonds is 4. The molecular weight excluding hydrogens is 196 g/mol. The zero-order chi connectivity index (χ0) is 12.2. The van der Waals surface area contributed by atoms with Gasteiger partial charge in [0.1, 0.15) is 7.11 Å². The minimum Gasteiger partial charge on any atom is -0.448 e. The van der Waals surface area contributed by atoms with Crippen LogP contribution in [0.1, 0.15) is 26.2 Å². The van der Waals surface area contributed by atoms with E-state index in [0.29, 0.717) is 0 Å². The van der Waals surface area contributed by atoms with Crippen molar-refractivity contribution < 1.29 is 5.11 Å². The number of allylic oxidation sites excluding steroid dienone is 9. The minimum absolute atomic E-state index is 1.03. The van der Waals surface area contributed by atoms with Gasteiger partial charge in [-0.05, 0) is 24.0 Å². The Hall–Kier alpha value is -1.34. The van der Waals surface area contributed by atoms with Crippen molar-refractivity contribution in [3.05, 3.63) is 60.3 Å². The second-order valence-corrected chi connectivity index (χ2v) is 3.39. The van der Waals surface area contributed by atoms with Crippen LogP contribution in [-0.4, -0.2) is 12.2 Å². The van der Waals surface area contributed by atoms with Crippen LogP contribution in [0.4, 0.5) is 0 Å². The van der Waals surface area contributed by atoms with Gasteiger partial charge >= 0.3 is 0 Å². The molecule has 0 amide bonds. The van der Waals surface area contributed by atoms with Gasteiger partial charge in [0.2, 0.25) is 0 Å². The standard InChI is InChI=1S/C14H18.CH4O/c1-3-9-13(10-4-2)14-11-7-5-6-8-12-14;1-2/h3,5-9,11H,1,4,10,12H2,2H3;2H,1H3/p+1/b13-9+;. The van der Waals surface area contributed by atoms with E-state index in [1.165, 1.54) is 24.7 Å². The van der Waals surface area contributed by atoms with E-state index in [-0.39, 0.29) is 0 Å². The molecule has 1 aliphatic rings. The third-order valence-corrected chi connectivity index (χ3v) is 2.24. The average molecular weight is 219 g/mol. The minimum atomic E-state index is 1.03. The summed E-state index contributed by atoms with van der Waals surface area (Å²) in [6, 6.07) is 0. The molecule has 0 saturated carbocycles. The molecule has 1 rings (SSSR count). The molecule has 0 radical (unpaired) electrons. The van der Waals surface area contributed by atoms with E-state index < -0.39 is 0 Å². The van der Waals surface area contributed by atoms with Crippen molar-refractivity contribution in [1.82, 2.24) is 0 Å². The lowest BCUT2D eigenvalue weighted by atomic mass is 9.98. The van der Waals surface area contributed by atoms with Crippen LogP contribution in [0.5, 0.6) is 0 Å². The van der Waals surface area contributed by atoms with Crippen molar-refractivity contribution in [2.45, 2.75) is 26.2 Å². The smallest absolute Gasteiger partial charge is 0.133 e. The van der Waals surface area contributed by atoms with E-state index in [1.807, 2.05) is 6.08 Å². The van der Waals surface area contributed by atoms with Crippen molar-refractivity contribution in [3.8, 4) is 0 Å². The summed E-state index contributed by atoms with van der Waals surface area (Å²) in [4.78, 5) is 0. The normalized spacial score (nSPS) is 14.7. The zero-order valence-corrected chi connectivity index (χ0v) is 10.4. The highest BCUT2D eigenvalue weighted by Gasteiger charge is 2.01. The molecule has 1 heteroatoms. The predicted molar refractivity (Wildman–Crippen MR) is 73.7 cm³/mol. The van der Waals surface area contributed by atoms with Crippen molar-refractivity contribution in [2.24, 2.45) is 0 Å². The van der Waals surface area contributed by atoms with Crippen LogP contribution in [0, 0.1) is 0 Å². The van der Waals surface area contributed by atoms with E-state index in [0.717, 1.165) is 12.8 Å². The van der Waals surface area contributed by atoms with Gasteiger partial charge in [0.15, 0.2) is 0 Å². The van der Waals surface area contributed by atoms with Gasteiger partial charge in [0.05, 0.1) is 0 Å². The lowest BCUT2D eigenvalue weighted by molar-refractivity contribution is 0.399. The van der Waals surface area contributed by atoms with Crippen LogP contribution in [0.25, 0.3) is 0 Å². The summed E-state index contributed by atoms with van der Waals surface area (Å²) in [5.41, 5.74) is 2.83. The SMILES string of the molecule is C=C/C=C(\CCC)C1=CC=CC=CC1.C[OH2+]. The maximum Gasteiger partial charge on any atom is 0.133 e. The Morgan fingerprint density at radius 3 is 2.75 bits per heavy atom. The highest BCUT2D eigenvalue weighted by Crippen LogP contribution is 2.21. The Kier molecular flexibility index (Phi) is 9.33. The summed E-state index contributed by atoms with van der Waals surface area (Å²) < 4.78 is 0. The maximum absolute atomic E-state index is 5.75. The van der Waals surface area contributed by atoms with Gasteiger partial charge in [0, 0.05) is 0 Å². The fraction of sp³-hybridized carbons (Fsp3) is 0.333. The summed E-state index contributed by atoms with van der Waals surface area (Å²) in [5.74, 6) is 0. The van der Waals surface area contributed by atoms with Crippen molar-refractivity contribution in [2.75, 3.05) is 7.11 Å². The molecule has 0 aromatic carbocycles. The van der Waals surface area contributed by atoms with Crippen LogP contribution in [0.3, 0.4) is 0 Å². The molecule has 16 heavy (non-hydrogen) atoms. The third-order valence-electron chi connectivity index (χ3n) is 2.24. The molecule has 1 aliphatic carbocycles. The Morgan fingerprint density at radius 2 is 2.12 bits per heavy atom. The van der Waals surface area contributed by atoms with Crippen molar-refractivity contribution in [1.29, 1.82) is 0 Å². The Balaban J connectivity index is 0.00000106. The molecule has 0 aromatic rings. The highest BCUT2D eigenvalue weighted by atomic mass is 16.2. The van der Waals surface area contributed by atoms with Gasteiger partial charge in [-0.2, -0.15) is 0 Å². The lowest BCUT2D eigenvalue weighted by Gasteiger charge is -2.07. The molecule has 0 aromatic heterocycles. The fourth-order valence-electron chi connectivity index (χ4n) is 1.58. The van der Waals surface area contributed by atoms with Crippen molar-refractivity contribution >= 4 is 0 Å². The van der Waals surface area contributed by atoms with Gasteiger partial charge in [-0.15, -0.1) is 0 Å². The van der Waals surface area contributed by atoms with Gasteiger partial charge in [-0.3, -0.25) is 0 Å². The molecule has 0 atom stereocenters. The Labute approximate surface area is 99.2 Å². The largest absolute Gasteiger partial charge is 0.448 e. The zero-order valence-electron chi connectivity index (χ0n) is 10.4. The molecule has 1 nitrogen and oxygen atoms in total. The molecule has 0 bridgehead atoms. The molecule has 0 saturated heterocycles. The highest BCUT2D eigenvalue weighted by molar-refractivity contribution is 5.39. The second-order valence-electron chi connectivity index (χ2n) is 3.39. The van der Waals surface area contributed by atoms with E-state index >= 15 is 0 Å². The maximum atomic E-state index is 5.75. The molecule has 0 fully saturated rings. The average Bonchev–Trinajstić information content (AvgIpc) is 2.60. The molecule has 88 valence electrons. The van der Waals surface area contributed by atoms with Crippen LogP contribution in [0.2, 0.25) is 0 Å². The predicted octanol–water partition coefficient (Wildman–Crippen LogP) is 3.68. The monoisotopic (exact) mass is 219 g/mol. The second kappa shape index (κ2) is 10.2. The first kappa shape index (κ1) is 14.7. The van der Waals surface area contributed by atoms with Gasteiger partial charge < -0.3 is 5.11 Å². The fourth-order valence-corrected chi connectivity index (χ4v) is 1.58. The summed E-state index contributed by atoms with van der Waals surface area (Å²) in [7, 11) is 1.25. The lowest BCUT2D eigenvalue weighted by Crippen LogP contribution is -1.88. The molecule has 0 spiro atoms. The number of hydrogen-bond acceptors (Lipinski definition) is 0. The van der Waals surface area contributed by atoms with Gasteiger partial charge in [-0.25, -0.2) is 0 Å². The van der Waals surface area contributed by atoms with Gasteiger partial charge in [-0.1, -0.05) is 62.5 Å². The van der Waals surface area contributed by atoms with Crippen LogP contribution >= 0.6 is 0 Å². The van der Waals surface area contributed by atoms with Crippen LogP contribution in [-0.2, 0) is 0 Å². The first-order chi connectivity index (χ1) is 7.88. The Morgan fingerprint density at radius 1 is 1.38 bits per heavy atom. The Bertz CT molecular complexity index is 303. The van der Waals surface area contributed by atoms with E-state index in [9.17, 15) is 0 Å². The quantitative estimate of drug-likeness (QED) is 0.508. The number of hydrogen-bond donors (Lipinski definition) is 0. The van der Waals surface area contributed by atoms with Gasteiger partial charge in [0.25, 0.3) is 0 Å². The summed E-state index contributed by atoms with van der Waals surface area (Å²) in [6.07, 6.45) is 18.0. The van der Waals surface area contributed by atoms with Crippen molar-refractivity contribution in [3.63, 3.8) is 0 Å². The first-order valence-electron chi connectivity index (χ1n) is 5.72. The molecule has 0 aliphatic heterocycles. The molecule has 0 unspecified atom stereocenters. The third kappa shape index (κ3) is 5.52. The molecular formula is C15H23O+. The summed E-state index contributed by atoms with van der Waals surface area (Å²) in [6.45, 7) is 5.97.